The Morgan fingerprint density at radius 2 is 1.93 bits per heavy atom. The van der Waals surface area contributed by atoms with Crippen LogP contribution < -0.4 is 10.5 Å². The van der Waals surface area contributed by atoms with E-state index in [9.17, 15) is 0 Å². The zero-order valence-electron chi connectivity index (χ0n) is 9.46. The fourth-order valence-corrected chi connectivity index (χ4v) is 2.02. The third-order valence-electron chi connectivity index (χ3n) is 3.00. The summed E-state index contributed by atoms with van der Waals surface area (Å²) in [6.45, 7) is 5.31. The smallest absolute Gasteiger partial charge is 0.122 e. The van der Waals surface area contributed by atoms with Crippen LogP contribution in [0.25, 0.3) is 0 Å². The summed E-state index contributed by atoms with van der Waals surface area (Å²) in [6, 6.07) is 4.15. The van der Waals surface area contributed by atoms with Gasteiger partial charge in [-0.25, -0.2) is 0 Å². The topological polar surface area (TPSA) is 44.5 Å². The van der Waals surface area contributed by atoms with Crippen molar-refractivity contribution in [3.05, 3.63) is 28.8 Å². The molecule has 15 heavy (non-hydrogen) atoms. The normalized spacial score (nSPS) is 18.4. The summed E-state index contributed by atoms with van der Waals surface area (Å²) < 4.78 is 10.5. The van der Waals surface area contributed by atoms with Crippen molar-refractivity contribution in [3.63, 3.8) is 0 Å². The Balaban J connectivity index is 2.45. The van der Waals surface area contributed by atoms with E-state index in [1.54, 1.807) is 7.11 Å². The van der Waals surface area contributed by atoms with Gasteiger partial charge in [0.25, 0.3) is 0 Å². The van der Waals surface area contributed by atoms with Gasteiger partial charge in [0.2, 0.25) is 0 Å². The molecule has 0 spiro atoms. The first-order valence-electron chi connectivity index (χ1n) is 5.09. The molecule has 82 valence electrons. The highest BCUT2D eigenvalue weighted by atomic mass is 16.5. The highest BCUT2D eigenvalue weighted by Crippen LogP contribution is 2.32. The second-order valence-electron chi connectivity index (χ2n) is 4.29. The van der Waals surface area contributed by atoms with Crippen LogP contribution in [0.2, 0.25) is 0 Å². The molecule has 1 aromatic carbocycles. The Labute approximate surface area is 90.2 Å². The number of methoxy groups -OCH3 is 1. The van der Waals surface area contributed by atoms with Crippen LogP contribution in [0, 0.1) is 13.8 Å². The van der Waals surface area contributed by atoms with Crippen molar-refractivity contribution >= 4 is 0 Å². The Bertz CT molecular complexity index is 383. The molecule has 1 aromatic rings. The van der Waals surface area contributed by atoms with Gasteiger partial charge in [-0.1, -0.05) is 6.07 Å². The van der Waals surface area contributed by atoms with Gasteiger partial charge < -0.3 is 15.2 Å². The molecule has 0 amide bonds. The predicted octanol–water partition coefficient (Wildman–Crippen LogP) is 1.50. The monoisotopic (exact) mass is 207 g/mol. The van der Waals surface area contributed by atoms with Crippen molar-refractivity contribution in [3.8, 4) is 5.75 Å². The van der Waals surface area contributed by atoms with Gasteiger partial charge in [-0.2, -0.15) is 0 Å². The second-order valence-corrected chi connectivity index (χ2v) is 4.29. The first-order valence-corrected chi connectivity index (χ1v) is 5.09. The van der Waals surface area contributed by atoms with Crippen molar-refractivity contribution in [2.24, 2.45) is 5.73 Å². The van der Waals surface area contributed by atoms with E-state index in [0.29, 0.717) is 13.2 Å². The van der Waals surface area contributed by atoms with Crippen molar-refractivity contribution < 1.29 is 9.47 Å². The maximum atomic E-state index is 6.22. The van der Waals surface area contributed by atoms with E-state index in [4.69, 9.17) is 15.2 Å². The van der Waals surface area contributed by atoms with Crippen molar-refractivity contribution in [2.45, 2.75) is 19.4 Å². The Kier molecular flexibility index (Phi) is 2.44. The third-order valence-corrected chi connectivity index (χ3v) is 3.00. The van der Waals surface area contributed by atoms with Gasteiger partial charge in [-0.3, -0.25) is 0 Å². The lowest BCUT2D eigenvalue weighted by Gasteiger charge is -2.39. The van der Waals surface area contributed by atoms with E-state index in [1.807, 2.05) is 13.0 Å². The molecule has 0 bridgehead atoms. The SMILES string of the molecule is COc1cc(C)c(C2(N)COC2)cc1C. The van der Waals surface area contributed by atoms with Crippen molar-refractivity contribution in [1.29, 1.82) is 0 Å². The van der Waals surface area contributed by atoms with Crippen LogP contribution in [0.3, 0.4) is 0 Å². The minimum absolute atomic E-state index is 0.291. The molecule has 1 aliphatic rings. The fourth-order valence-electron chi connectivity index (χ4n) is 2.02. The maximum absolute atomic E-state index is 6.22. The molecule has 0 radical (unpaired) electrons. The minimum Gasteiger partial charge on any atom is -0.496 e. The van der Waals surface area contributed by atoms with Crippen LogP contribution in [0.4, 0.5) is 0 Å². The maximum Gasteiger partial charge on any atom is 0.122 e. The van der Waals surface area contributed by atoms with E-state index in [1.165, 1.54) is 11.1 Å². The average Bonchev–Trinajstić information content (AvgIpc) is 2.17. The summed E-state index contributed by atoms with van der Waals surface area (Å²) in [4.78, 5) is 0. The number of hydrogen-bond acceptors (Lipinski definition) is 3. The van der Waals surface area contributed by atoms with E-state index >= 15 is 0 Å². The molecule has 3 heteroatoms. The van der Waals surface area contributed by atoms with Gasteiger partial charge in [-0.15, -0.1) is 0 Å². The molecule has 1 aliphatic heterocycles. The summed E-state index contributed by atoms with van der Waals surface area (Å²) in [5, 5.41) is 0. The predicted molar refractivity (Wildman–Crippen MR) is 59.2 cm³/mol. The lowest BCUT2D eigenvalue weighted by Crippen LogP contribution is -2.54. The Hall–Kier alpha value is -1.06. The molecular formula is C12H17NO2. The summed E-state index contributed by atoms with van der Waals surface area (Å²) in [5.41, 5.74) is 9.39. The molecule has 0 aromatic heterocycles. The van der Waals surface area contributed by atoms with E-state index in [-0.39, 0.29) is 5.54 Å². The highest BCUT2D eigenvalue weighted by Gasteiger charge is 2.37. The van der Waals surface area contributed by atoms with Gasteiger partial charge in [0.15, 0.2) is 0 Å². The molecule has 3 nitrogen and oxygen atoms in total. The lowest BCUT2D eigenvalue weighted by molar-refractivity contribution is -0.0572. The number of aryl methyl sites for hydroxylation is 2. The second kappa shape index (κ2) is 3.51. The number of rotatable bonds is 2. The zero-order valence-corrected chi connectivity index (χ0v) is 9.46. The molecule has 0 atom stereocenters. The first-order chi connectivity index (χ1) is 7.07. The van der Waals surface area contributed by atoms with Crippen LogP contribution in [0.15, 0.2) is 12.1 Å². The van der Waals surface area contributed by atoms with Gasteiger partial charge >= 0.3 is 0 Å². The summed E-state index contributed by atoms with van der Waals surface area (Å²) in [7, 11) is 1.69. The number of hydrogen-bond donors (Lipinski definition) is 1. The Morgan fingerprint density at radius 1 is 1.27 bits per heavy atom. The number of nitrogens with two attached hydrogens (primary N) is 1. The lowest BCUT2D eigenvalue weighted by atomic mass is 9.85. The first kappa shape index (κ1) is 10.5. The average molecular weight is 207 g/mol. The van der Waals surface area contributed by atoms with E-state index in [0.717, 1.165) is 11.3 Å². The highest BCUT2D eigenvalue weighted by molar-refractivity contribution is 5.45. The summed E-state index contributed by atoms with van der Waals surface area (Å²) in [6.07, 6.45) is 0. The quantitative estimate of drug-likeness (QED) is 0.799. The largest absolute Gasteiger partial charge is 0.496 e. The van der Waals surface area contributed by atoms with Crippen molar-refractivity contribution in [1.82, 2.24) is 0 Å². The molecule has 0 aliphatic carbocycles. The van der Waals surface area contributed by atoms with Crippen molar-refractivity contribution in [2.75, 3.05) is 20.3 Å². The fraction of sp³-hybridized carbons (Fsp3) is 0.500. The molecule has 0 unspecified atom stereocenters. The van der Waals surface area contributed by atoms with Gasteiger partial charge in [0.05, 0.1) is 25.9 Å². The molecule has 2 N–H and O–H groups in total. The third kappa shape index (κ3) is 1.62. The van der Waals surface area contributed by atoms with E-state index < -0.39 is 0 Å². The number of ether oxygens (including phenoxy) is 2. The molecule has 1 fully saturated rings. The Morgan fingerprint density at radius 3 is 2.40 bits per heavy atom. The summed E-state index contributed by atoms with van der Waals surface area (Å²) >= 11 is 0. The zero-order chi connectivity index (χ0) is 11.1. The van der Waals surface area contributed by atoms with Crippen LogP contribution in [0.1, 0.15) is 16.7 Å². The van der Waals surface area contributed by atoms with E-state index in [2.05, 4.69) is 13.0 Å². The molecule has 1 heterocycles. The van der Waals surface area contributed by atoms with Crippen LogP contribution in [-0.4, -0.2) is 20.3 Å². The van der Waals surface area contributed by atoms with Crippen LogP contribution in [-0.2, 0) is 10.3 Å². The summed E-state index contributed by atoms with van der Waals surface area (Å²) in [5.74, 6) is 0.917. The van der Waals surface area contributed by atoms with Gasteiger partial charge in [0.1, 0.15) is 5.75 Å². The molecule has 0 saturated carbocycles. The van der Waals surface area contributed by atoms with Crippen LogP contribution in [0.5, 0.6) is 5.75 Å². The standard InChI is InChI=1S/C12H17NO2/c1-8-5-11(14-3)9(2)4-10(8)12(13)6-15-7-12/h4-5H,6-7,13H2,1-3H3. The van der Waals surface area contributed by atoms with Crippen LogP contribution >= 0.6 is 0 Å². The van der Waals surface area contributed by atoms with Gasteiger partial charge in [-0.05, 0) is 36.6 Å². The molecule has 2 rings (SSSR count). The molecular weight excluding hydrogens is 190 g/mol. The van der Waals surface area contributed by atoms with Gasteiger partial charge in [0, 0.05) is 0 Å². The molecule has 1 saturated heterocycles. The minimum atomic E-state index is -0.291. The number of benzene rings is 1.